The second-order valence-corrected chi connectivity index (χ2v) is 17.9. The predicted molar refractivity (Wildman–Crippen MR) is 167 cm³/mol. The Balaban J connectivity index is 1.64. The van der Waals surface area contributed by atoms with Gasteiger partial charge in [-0.3, -0.25) is 0 Å². The van der Waals surface area contributed by atoms with E-state index in [1.54, 1.807) is 14.3 Å². The van der Waals surface area contributed by atoms with Gasteiger partial charge in [0.25, 0.3) is 0 Å². The standard InChI is InChI=1S/C15H13.C13H10.C11H11.Zr/c1-10-3-5-14-12(7-10)9-13-8-11(2)4-6-15(13)14;1-3-7-12(8-4-1)11-13-9-5-2-6-10-13;1-8-3-4-10-6-9(2)7-11(10)5-8;/h3-9H,1-2H3;1-10H;3-7H,1-2H3;. The fraction of sp³-hybridized carbons (Fsp3) is 0.154. The van der Waals surface area contributed by atoms with Crippen LogP contribution in [0, 0.1) is 20.8 Å². The minimum absolute atomic E-state index is 0.434. The molecule has 0 N–H and O–H groups in total. The molecule has 0 saturated carbocycles. The van der Waals surface area contributed by atoms with Crippen LogP contribution in [0.5, 0.6) is 0 Å². The van der Waals surface area contributed by atoms with Gasteiger partial charge in [-0.05, 0) is 0 Å². The molecule has 0 bridgehead atoms. The van der Waals surface area contributed by atoms with Crippen molar-refractivity contribution in [1.29, 1.82) is 0 Å². The number of allylic oxidation sites excluding steroid dienone is 1. The van der Waals surface area contributed by atoms with Gasteiger partial charge >= 0.3 is 248 Å². The van der Waals surface area contributed by atoms with Gasteiger partial charge in [-0.15, -0.1) is 0 Å². The molecule has 1 heteroatoms. The molecule has 194 valence electrons. The molecule has 1 unspecified atom stereocenters. The first-order chi connectivity index (χ1) is 19.5. The first-order valence-corrected chi connectivity index (χ1v) is 18.4. The van der Waals surface area contributed by atoms with Crippen molar-refractivity contribution >= 4 is 9.28 Å². The van der Waals surface area contributed by atoms with Crippen molar-refractivity contribution < 1.29 is 21.3 Å². The third-order valence-electron chi connectivity index (χ3n) is 8.75. The topological polar surface area (TPSA) is 0 Å². The first kappa shape index (κ1) is 25.6. The van der Waals surface area contributed by atoms with E-state index in [1.807, 2.05) is 0 Å². The van der Waals surface area contributed by atoms with Gasteiger partial charge in [0.05, 0.1) is 0 Å². The van der Waals surface area contributed by atoms with E-state index in [-0.39, 0.29) is 0 Å². The summed E-state index contributed by atoms with van der Waals surface area (Å²) in [5.41, 5.74) is 17.3. The third-order valence-corrected chi connectivity index (χ3v) is 18.1. The summed E-state index contributed by atoms with van der Waals surface area (Å²) in [5, 5.41) is 0. The van der Waals surface area contributed by atoms with Crippen LogP contribution in [0.25, 0.3) is 17.2 Å². The summed E-state index contributed by atoms with van der Waals surface area (Å²) in [5.74, 6) is 0. The zero-order valence-corrected chi connectivity index (χ0v) is 26.2. The zero-order chi connectivity index (χ0) is 27.4. The summed E-state index contributed by atoms with van der Waals surface area (Å²) in [6.07, 6.45) is 2.49. The van der Waals surface area contributed by atoms with Crippen LogP contribution in [0.4, 0.5) is 0 Å². The first-order valence-electron chi connectivity index (χ1n) is 14.3. The summed E-state index contributed by atoms with van der Waals surface area (Å²) in [6, 6.07) is 44.2. The average molecular weight is 594 g/mol. The Morgan fingerprint density at radius 3 is 1.55 bits per heavy atom. The molecule has 5 aromatic rings. The third kappa shape index (κ3) is 4.27. The van der Waals surface area contributed by atoms with E-state index in [4.69, 9.17) is 0 Å². The Morgan fingerprint density at radius 2 is 1.00 bits per heavy atom. The molecule has 2 aliphatic carbocycles. The van der Waals surface area contributed by atoms with E-state index < -0.39 is 21.3 Å². The normalized spacial score (nSPS) is 15.3. The summed E-state index contributed by atoms with van der Waals surface area (Å²) in [6.45, 7) is 9.13. The van der Waals surface area contributed by atoms with Gasteiger partial charge in [-0.1, -0.05) is 0 Å². The molecule has 0 radical (unpaired) electrons. The maximum atomic E-state index is 2.51. The SMILES string of the molecule is CC1=Cc2cc(C)ccc2[CH]1[Zr](=[C](c1ccccc1)c1ccccc1)[CH]1c2cc(C)ccc2-c2ccc(C)cc21. The van der Waals surface area contributed by atoms with E-state index in [0.29, 0.717) is 7.25 Å². The van der Waals surface area contributed by atoms with Crippen molar-refractivity contribution in [3.63, 3.8) is 0 Å². The fourth-order valence-electron chi connectivity index (χ4n) is 7.07. The molecule has 0 saturated heterocycles. The summed E-state index contributed by atoms with van der Waals surface area (Å²) in [4.78, 5) is 0. The second-order valence-electron chi connectivity index (χ2n) is 11.6. The van der Waals surface area contributed by atoms with Crippen LogP contribution in [0.1, 0.15) is 64.2 Å². The zero-order valence-electron chi connectivity index (χ0n) is 23.7. The van der Waals surface area contributed by atoms with Crippen LogP contribution in [-0.2, 0) is 21.3 Å². The second kappa shape index (κ2) is 10.2. The molecule has 0 heterocycles. The van der Waals surface area contributed by atoms with Gasteiger partial charge in [0, 0.05) is 0 Å². The number of aryl methyl sites for hydroxylation is 3. The van der Waals surface area contributed by atoms with Gasteiger partial charge in [-0.25, -0.2) is 0 Å². The van der Waals surface area contributed by atoms with Gasteiger partial charge < -0.3 is 0 Å². The Hall–Kier alpha value is -3.41. The van der Waals surface area contributed by atoms with Crippen LogP contribution in [0.2, 0.25) is 0 Å². The Labute approximate surface area is 246 Å². The van der Waals surface area contributed by atoms with E-state index in [0.717, 1.165) is 0 Å². The van der Waals surface area contributed by atoms with E-state index >= 15 is 0 Å². The molecule has 7 rings (SSSR count). The Bertz CT molecular complexity index is 1730. The van der Waals surface area contributed by atoms with Crippen molar-refractivity contribution in [3.8, 4) is 11.1 Å². The molecule has 0 spiro atoms. The maximum absolute atomic E-state index is 2.76. The van der Waals surface area contributed by atoms with Crippen molar-refractivity contribution in [3.05, 3.63) is 171 Å². The molecular weight excluding hydrogens is 560 g/mol. The molecule has 0 aliphatic heterocycles. The van der Waals surface area contributed by atoms with Crippen LogP contribution < -0.4 is 0 Å². The van der Waals surface area contributed by atoms with Gasteiger partial charge in [0.15, 0.2) is 0 Å². The Kier molecular flexibility index (Phi) is 6.52. The number of benzene rings is 5. The van der Waals surface area contributed by atoms with E-state index in [9.17, 15) is 0 Å². The van der Waals surface area contributed by atoms with Crippen molar-refractivity contribution in [2.45, 2.75) is 34.9 Å². The van der Waals surface area contributed by atoms with Gasteiger partial charge in [0.2, 0.25) is 0 Å². The van der Waals surface area contributed by atoms with Gasteiger partial charge in [0.1, 0.15) is 0 Å². The van der Waals surface area contributed by atoms with E-state index in [2.05, 4.69) is 149 Å². The van der Waals surface area contributed by atoms with E-state index in [1.165, 1.54) is 55.6 Å². The predicted octanol–water partition coefficient (Wildman–Crippen LogP) is 9.73. The van der Waals surface area contributed by atoms with Crippen LogP contribution in [0.15, 0.2) is 121 Å². The quantitative estimate of drug-likeness (QED) is 0.195. The summed E-state index contributed by atoms with van der Waals surface area (Å²) in [7, 11) is 0. The molecule has 0 fully saturated rings. The number of hydrogen-bond acceptors (Lipinski definition) is 0. The average Bonchev–Trinajstić information content (AvgIpc) is 3.44. The molecular formula is C39H34Zr. The molecule has 0 nitrogen and oxygen atoms in total. The van der Waals surface area contributed by atoms with Crippen LogP contribution in [-0.4, -0.2) is 3.21 Å². The molecule has 40 heavy (non-hydrogen) atoms. The van der Waals surface area contributed by atoms with Crippen molar-refractivity contribution in [2.75, 3.05) is 0 Å². The Morgan fingerprint density at radius 1 is 0.500 bits per heavy atom. The van der Waals surface area contributed by atoms with Crippen molar-refractivity contribution in [2.24, 2.45) is 0 Å². The fourth-order valence-corrected chi connectivity index (χ4v) is 17.5. The molecule has 1 atom stereocenters. The molecule has 0 aromatic heterocycles. The van der Waals surface area contributed by atoms with Crippen LogP contribution in [0.3, 0.4) is 0 Å². The van der Waals surface area contributed by atoms with Crippen LogP contribution >= 0.6 is 0 Å². The molecule has 5 aromatic carbocycles. The molecule has 0 amide bonds. The summed E-state index contributed by atoms with van der Waals surface area (Å²) >= 11 is -2.76. The van der Waals surface area contributed by atoms with Gasteiger partial charge in [-0.2, -0.15) is 0 Å². The number of rotatable bonds is 4. The number of hydrogen-bond donors (Lipinski definition) is 0. The molecule has 2 aliphatic rings. The number of fused-ring (bicyclic) bond motifs is 4. The monoisotopic (exact) mass is 592 g/mol. The van der Waals surface area contributed by atoms with Crippen molar-refractivity contribution in [1.82, 2.24) is 0 Å². The summed E-state index contributed by atoms with van der Waals surface area (Å²) < 4.78 is 2.53. The minimum atomic E-state index is -2.76.